The summed E-state index contributed by atoms with van der Waals surface area (Å²) in [4.78, 5) is 12.2. The van der Waals surface area contributed by atoms with Gasteiger partial charge in [-0.1, -0.05) is 35.9 Å². The summed E-state index contributed by atoms with van der Waals surface area (Å²) in [6.07, 6.45) is 0. The van der Waals surface area contributed by atoms with Crippen molar-refractivity contribution in [3.05, 3.63) is 70.7 Å². The standard InChI is InChI=1S/C19H15ClO3/c1-12-10-17(21)15-4-2-3-5-16(15)19(12)23-11-18(22)13-6-8-14(20)9-7-13/h2-10,21H,11H2,1H3. The Bertz CT molecular complexity index is 870. The maximum atomic E-state index is 12.2. The predicted octanol–water partition coefficient (Wildman–Crippen LogP) is 4.77. The van der Waals surface area contributed by atoms with Crippen molar-refractivity contribution in [2.75, 3.05) is 6.61 Å². The molecule has 116 valence electrons. The second kappa shape index (κ2) is 6.31. The van der Waals surface area contributed by atoms with E-state index in [1.165, 1.54) is 0 Å². The number of hydrogen-bond acceptors (Lipinski definition) is 3. The number of fused-ring (bicyclic) bond motifs is 1. The lowest BCUT2D eigenvalue weighted by molar-refractivity contribution is 0.0922. The van der Waals surface area contributed by atoms with Crippen molar-refractivity contribution in [1.82, 2.24) is 0 Å². The fraction of sp³-hybridized carbons (Fsp3) is 0.105. The van der Waals surface area contributed by atoms with E-state index in [0.29, 0.717) is 21.7 Å². The normalized spacial score (nSPS) is 10.7. The van der Waals surface area contributed by atoms with E-state index in [1.54, 1.807) is 30.3 Å². The third kappa shape index (κ3) is 3.15. The van der Waals surface area contributed by atoms with E-state index >= 15 is 0 Å². The number of Topliss-reactive ketones (excluding diaryl/α,β-unsaturated/α-hetero) is 1. The number of halogens is 1. The van der Waals surface area contributed by atoms with E-state index in [2.05, 4.69) is 0 Å². The summed E-state index contributed by atoms with van der Waals surface area (Å²) in [5.74, 6) is 0.688. The molecular weight excluding hydrogens is 312 g/mol. The highest BCUT2D eigenvalue weighted by Crippen LogP contribution is 2.35. The molecule has 0 bridgehead atoms. The molecule has 3 aromatic carbocycles. The Hall–Kier alpha value is -2.52. The third-order valence-corrected chi connectivity index (χ3v) is 3.92. The summed E-state index contributed by atoms with van der Waals surface area (Å²) in [7, 11) is 0. The Morgan fingerprint density at radius 1 is 1.09 bits per heavy atom. The Morgan fingerprint density at radius 2 is 1.74 bits per heavy atom. The zero-order chi connectivity index (χ0) is 16.4. The number of carbonyl (C=O) groups excluding carboxylic acids is 1. The number of hydrogen-bond donors (Lipinski definition) is 1. The lowest BCUT2D eigenvalue weighted by Gasteiger charge is -2.13. The second-order valence-electron chi connectivity index (χ2n) is 5.31. The molecule has 0 spiro atoms. The van der Waals surface area contributed by atoms with Crippen molar-refractivity contribution in [1.29, 1.82) is 0 Å². The number of rotatable bonds is 4. The first-order valence-electron chi connectivity index (χ1n) is 7.19. The second-order valence-corrected chi connectivity index (χ2v) is 5.74. The van der Waals surface area contributed by atoms with Crippen molar-refractivity contribution >= 4 is 28.2 Å². The molecule has 0 saturated heterocycles. The molecule has 0 aromatic heterocycles. The number of phenols is 1. The number of benzene rings is 3. The first kappa shape index (κ1) is 15.4. The molecule has 3 aromatic rings. The number of ketones is 1. The van der Waals surface area contributed by atoms with Gasteiger partial charge in [0.25, 0.3) is 0 Å². The van der Waals surface area contributed by atoms with Gasteiger partial charge < -0.3 is 9.84 Å². The molecule has 3 rings (SSSR count). The van der Waals surface area contributed by atoms with E-state index in [0.717, 1.165) is 10.9 Å². The highest BCUT2D eigenvalue weighted by atomic mass is 35.5. The first-order chi connectivity index (χ1) is 11.1. The Balaban J connectivity index is 1.87. The van der Waals surface area contributed by atoms with E-state index < -0.39 is 0 Å². The fourth-order valence-electron chi connectivity index (χ4n) is 2.51. The molecular formula is C19H15ClO3. The van der Waals surface area contributed by atoms with E-state index in [4.69, 9.17) is 16.3 Å². The molecule has 0 atom stereocenters. The zero-order valence-electron chi connectivity index (χ0n) is 12.5. The van der Waals surface area contributed by atoms with Gasteiger partial charge in [0, 0.05) is 21.4 Å². The van der Waals surface area contributed by atoms with E-state index in [-0.39, 0.29) is 18.1 Å². The molecule has 0 amide bonds. The van der Waals surface area contributed by atoms with Crippen LogP contribution in [0, 0.1) is 6.92 Å². The molecule has 0 aliphatic carbocycles. The first-order valence-corrected chi connectivity index (χ1v) is 7.57. The average molecular weight is 327 g/mol. The maximum absolute atomic E-state index is 12.2. The maximum Gasteiger partial charge on any atom is 0.200 e. The molecule has 0 radical (unpaired) electrons. The van der Waals surface area contributed by atoms with Crippen molar-refractivity contribution in [2.24, 2.45) is 0 Å². The van der Waals surface area contributed by atoms with Gasteiger partial charge in [-0.05, 0) is 42.8 Å². The van der Waals surface area contributed by atoms with Crippen LogP contribution in [0.4, 0.5) is 0 Å². The van der Waals surface area contributed by atoms with Crippen LogP contribution in [-0.4, -0.2) is 17.5 Å². The fourth-order valence-corrected chi connectivity index (χ4v) is 2.64. The molecule has 1 N–H and O–H groups in total. The van der Waals surface area contributed by atoms with E-state index in [1.807, 2.05) is 31.2 Å². The minimum absolute atomic E-state index is 0.0722. The van der Waals surface area contributed by atoms with Gasteiger partial charge in [0.1, 0.15) is 11.5 Å². The van der Waals surface area contributed by atoms with Crippen molar-refractivity contribution in [3.63, 3.8) is 0 Å². The largest absolute Gasteiger partial charge is 0.507 e. The highest BCUT2D eigenvalue weighted by Gasteiger charge is 2.13. The molecule has 0 aliphatic heterocycles. The van der Waals surface area contributed by atoms with Crippen LogP contribution in [0.1, 0.15) is 15.9 Å². The number of ether oxygens (including phenoxy) is 1. The van der Waals surface area contributed by atoms with Crippen molar-refractivity contribution in [3.8, 4) is 11.5 Å². The molecule has 0 fully saturated rings. The predicted molar refractivity (Wildman–Crippen MR) is 91.6 cm³/mol. The lowest BCUT2D eigenvalue weighted by Crippen LogP contribution is -2.12. The summed E-state index contributed by atoms with van der Waals surface area (Å²) >= 11 is 5.82. The van der Waals surface area contributed by atoms with Gasteiger partial charge >= 0.3 is 0 Å². The summed E-state index contributed by atoms with van der Waals surface area (Å²) in [5.41, 5.74) is 1.33. The number of aryl methyl sites for hydroxylation is 1. The quantitative estimate of drug-likeness (QED) is 0.702. The summed E-state index contributed by atoms with van der Waals surface area (Å²) in [6, 6.07) is 15.7. The van der Waals surface area contributed by atoms with Crippen LogP contribution < -0.4 is 4.74 Å². The van der Waals surface area contributed by atoms with Crippen LogP contribution in [0.5, 0.6) is 11.5 Å². The van der Waals surface area contributed by atoms with Crippen LogP contribution >= 0.6 is 11.6 Å². The van der Waals surface area contributed by atoms with Crippen LogP contribution in [-0.2, 0) is 0 Å². The highest BCUT2D eigenvalue weighted by molar-refractivity contribution is 6.30. The molecule has 0 heterocycles. The van der Waals surface area contributed by atoms with Gasteiger partial charge in [0.2, 0.25) is 0 Å². The van der Waals surface area contributed by atoms with Gasteiger partial charge in [-0.2, -0.15) is 0 Å². The van der Waals surface area contributed by atoms with E-state index in [9.17, 15) is 9.90 Å². The van der Waals surface area contributed by atoms with Gasteiger partial charge in [-0.25, -0.2) is 0 Å². The van der Waals surface area contributed by atoms with Crippen molar-refractivity contribution in [2.45, 2.75) is 6.92 Å². The zero-order valence-corrected chi connectivity index (χ0v) is 13.3. The molecule has 0 saturated carbocycles. The number of aromatic hydroxyl groups is 1. The van der Waals surface area contributed by atoms with Gasteiger partial charge in [-0.15, -0.1) is 0 Å². The third-order valence-electron chi connectivity index (χ3n) is 3.67. The van der Waals surface area contributed by atoms with Crippen LogP contribution in [0.15, 0.2) is 54.6 Å². The topological polar surface area (TPSA) is 46.5 Å². The molecule has 4 heteroatoms. The van der Waals surface area contributed by atoms with Gasteiger partial charge in [0.15, 0.2) is 12.4 Å². The Kier molecular flexibility index (Phi) is 4.22. The molecule has 0 unspecified atom stereocenters. The average Bonchev–Trinajstić information content (AvgIpc) is 2.55. The monoisotopic (exact) mass is 326 g/mol. The molecule has 0 aliphatic rings. The number of phenolic OH excluding ortho intramolecular Hbond substituents is 1. The van der Waals surface area contributed by atoms with Crippen molar-refractivity contribution < 1.29 is 14.6 Å². The van der Waals surface area contributed by atoms with Gasteiger partial charge in [-0.3, -0.25) is 4.79 Å². The molecule has 23 heavy (non-hydrogen) atoms. The Labute approximate surface area is 139 Å². The summed E-state index contributed by atoms with van der Waals surface area (Å²) in [6.45, 7) is 1.77. The van der Waals surface area contributed by atoms with Crippen LogP contribution in [0.25, 0.3) is 10.8 Å². The number of carbonyl (C=O) groups is 1. The minimum atomic E-state index is -0.127. The smallest absolute Gasteiger partial charge is 0.200 e. The summed E-state index contributed by atoms with van der Waals surface area (Å²) in [5, 5.41) is 12.1. The van der Waals surface area contributed by atoms with Gasteiger partial charge in [0.05, 0.1) is 0 Å². The van der Waals surface area contributed by atoms with Crippen LogP contribution in [0.3, 0.4) is 0 Å². The molecule has 3 nitrogen and oxygen atoms in total. The van der Waals surface area contributed by atoms with Crippen LogP contribution in [0.2, 0.25) is 5.02 Å². The minimum Gasteiger partial charge on any atom is -0.507 e. The lowest BCUT2D eigenvalue weighted by atomic mass is 10.0. The SMILES string of the molecule is Cc1cc(O)c2ccccc2c1OCC(=O)c1ccc(Cl)cc1. The summed E-state index contributed by atoms with van der Waals surface area (Å²) < 4.78 is 5.76. The Morgan fingerprint density at radius 3 is 2.43 bits per heavy atom.